The van der Waals surface area contributed by atoms with Crippen LogP contribution in [0.1, 0.15) is 29.4 Å². The van der Waals surface area contributed by atoms with E-state index in [4.69, 9.17) is 9.47 Å². The van der Waals surface area contributed by atoms with Crippen LogP contribution in [0.4, 0.5) is 0 Å². The summed E-state index contributed by atoms with van der Waals surface area (Å²) in [5, 5.41) is 0. The minimum Gasteiger partial charge on any atom is -0.383 e. The number of ether oxygens (including phenoxy) is 2. The Balaban J connectivity index is 2.17. The second kappa shape index (κ2) is 6.81. The molecule has 0 unspecified atom stereocenters. The Morgan fingerprint density at radius 3 is 2.95 bits per heavy atom. The SMILES string of the molecule is CCc1ccnc(C(=O)N2C[C@@H](OC)C[C@H]2COC)c1. The van der Waals surface area contributed by atoms with Crippen LogP contribution in [0, 0.1) is 0 Å². The molecule has 0 N–H and O–H groups in total. The highest BCUT2D eigenvalue weighted by Crippen LogP contribution is 2.22. The third kappa shape index (κ3) is 3.16. The molecule has 1 aliphatic heterocycles. The lowest BCUT2D eigenvalue weighted by Crippen LogP contribution is -2.38. The van der Waals surface area contributed by atoms with E-state index in [9.17, 15) is 4.79 Å². The van der Waals surface area contributed by atoms with Crippen LogP contribution in [0.3, 0.4) is 0 Å². The summed E-state index contributed by atoms with van der Waals surface area (Å²) in [5.74, 6) is -0.0399. The van der Waals surface area contributed by atoms with Gasteiger partial charge in [-0.1, -0.05) is 6.92 Å². The van der Waals surface area contributed by atoms with E-state index < -0.39 is 0 Å². The number of carbonyl (C=O) groups excluding carboxylic acids is 1. The maximum Gasteiger partial charge on any atom is 0.272 e. The van der Waals surface area contributed by atoms with Crippen molar-refractivity contribution in [2.45, 2.75) is 31.9 Å². The van der Waals surface area contributed by atoms with Crippen molar-refractivity contribution >= 4 is 5.91 Å². The predicted octanol–water partition coefficient (Wildman–Crippen LogP) is 1.52. The molecule has 0 radical (unpaired) electrons. The van der Waals surface area contributed by atoms with Crippen LogP contribution in [0.15, 0.2) is 18.3 Å². The molecule has 20 heavy (non-hydrogen) atoms. The molecule has 2 atom stereocenters. The molecular weight excluding hydrogens is 256 g/mol. The fourth-order valence-corrected chi connectivity index (χ4v) is 2.60. The Bertz CT molecular complexity index is 464. The third-order valence-corrected chi connectivity index (χ3v) is 3.78. The fraction of sp³-hybridized carbons (Fsp3) is 0.600. The molecule has 1 aromatic rings. The molecule has 5 heteroatoms. The standard InChI is InChI=1S/C15H22N2O3/c1-4-11-5-6-16-14(7-11)15(18)17-9-13(20-3)8-12(17)10-19-2/h5-7,12-13H,4,8-10H2,1-3H3/t12-,13-/m0/s1. The molecule has 0 aromatic carbocycles. The minimum absolute atomic E-state index is 0.0399. The van der Waals surface area contributed by atoms with E-state index in [0.717, 1.165) is 18.4 Å². The summed E-state index contributed by atoms with van der Waals surface area (Å²) < 4.78 is 10.6. The third-order valence-electron chi connectivity index (χ3n) is 3.78. The molecule has 2 rings (SSSR count). The van der Waals surface area contributed by atoms with Gasteiger partial charge in [0.1, 0.15) is 5.69 Å². The van der Waals surface area contributed by atoms with Gasteiger partial charge in [-0.05, 0) is 30.5 Å². The van der Waals surface area contributed by atoms with Crippen LogP contribution in [-0.2, 0) is 15.9 Å². The van der Waals surface area contributed by atoms with Crippen molar-refractivity contribution in [3.05, 3.63) is 29.6 Å². The Hall–Kier alpha value is -1.46. The molecule has 5 nitrogen and oxygen atoms in total. The van der Waals surface area contributed by atoms with Gasteiger partial charge in [-0.3, -0.25) is 9.78 Å². The van der Waals surface area contributed by atoms with Gasteiger partial charge in [0.25, 0.3) is 5.91 Å². The molecule has 0 aliphatic carbocycles. The van der Waals surface area contributed by atoms with Gasteiger partial charge in [-0.25, -0.2) is 0 Å². The van der Waals surface area contributed by atoms with E-state index in [1.54, 1.807) is 20.4 Å². The number of aryl methyl sites for hydroxylation is 1. The van der Waals surface area contributed by atoms with Gasteiger partial charge in [-0.15, -0.1) is 0 Å². The van der Waals surface area contributed by atoms with Crippen LogP contribution in [0.2, 0.25) is 0 Å². The van der Waals surface area contributed by atoms with Crippen molar-refractivity contribution in [3.8, 4) is 0 Å². The van der Waals surface area contributed by atoms with E-state index in [1.165, 1.54) is 0 Å². The van der Waals surface area contributed by atoms with Crippen LogP contribution < -0.4 is 0 Å². The lowest BCUT2D eigenvalue weighted by Gasteiger charge is -2.23. The number of hydrogen-bond donors (Lipinski definition) is 0. The number of aromatic nitrogens is 1. The number of pyridine rings is 1. The molecule has 2 heterocycles. The van der Waals surface area contributed by atoms with Crippen molar-refractivity contribution in [2.75, 3.05) is 27.4 Å². The van der Waals surface area contributed by atoms with Crippen LogP contribution >= 0.6 is 0 Å². The lowest BCUT2D eigenvalue weighted by molar-refractivity contribution is 0.0606. The van der Waals surface area contributed by atoms with Gasteiger partial charge in [0.15, 0.2) is 0 Å². The summed E-state index contributed by atoms with van der Waals surface area (Å²) in [6.45, 7) is 3.19. The first-order chi connectivity index (χ1) is 9.69. The van der Waals surface area contributed by atoms with E-state index in [1.807, 2.05) is 17.0 Å². The zero-order valence-electron chi connectivity index (χ0n) is 12.3. The summed E-state index contributed by atoms with van der Waals surface area (Å²) in [6, 6.07) is 3.86. The number of hydrogen-bond acceptors (Lipinski definition) is 4. The average molecular weight is 278 g/mol. The summed E-state index contributed by atoms with van der Waals surface area (Å²) in [4.78, 5) is 18.6. The van der Waals surface area contributed by atoms with E-state index in [2.05, 4.69) is 11.9 Å². The number of amides is 1. The molecule has 1 aliphatic rings. The minimum atomic E-state index is -0.0399. The molecule has 1 aromatic heterocycles. The average Bonchev–Trinajstić information content (AvgIpc) is 2.90. The Morgan fingerprint density at radius 1 is 1.50 bits per heavy atom. The Labute approximate surface area is 119 Å². The first-order valence-electron chi connectivity index (χ1n) is 6.97. The highest BCUT2D eigenvalue weighted by atomic mass is 16.5. The van der Waals surface area contributed by atoms with Crippen molar-refractivity contribution in [1.82, 2.24) is 9.88 Å². The van der Waals surface area contributed by atoms with Crippen molar-refractivity contribution in [1.29, 1.82) is 0 Å². The van der Waals surface area contributed by atoms with Crippen molar-refractivity contribution in [3.63, 3.8) is 0 Å². The monoisotopic (exact) mass is 278 g/mol. The van der Waals surface area contributed by atoms with Gasteiger partial charge in [0.05, 0.1) is 18.8 Å². The largest absolute Gasteiger partial charge is 0.383 e. The van der Waals surface area contributed by atoms with Crippen LogP contribution in [0.5, 0.6) is 0 Å². The van der Waals surface area contributed by atoms with E-state index in [-0.39, 0.29) is 18.1 Å². The van der Waals surface area contributed by atoms with Gasteiger partial charge in [0, 0.05) is 27.0 Å². The van der Waals surface area contributed by atoms with Gasteiger partial charge in [-0.2, -0.15) is 0 Å². The van der Waals surface area contributed by atoms with E-state index >= 15 is 0 Å². The molecule has 1 saturated heterocycles. The maximum atomic E-state index is 12.6. The first-order valence-corrected chi connectivity index (χ1v) is 6.97. The smallest absolute Gasteiger partial charge is 0.272 e. The summed E-state index contributed by atoms with van der Waals surface area (Å²) in [6.07, 6.45) is 3.48. The van der Waals surface area contributed by atoms with Crippen LogP contribution in [-0.4, -0.2) is 55.3 Å². The topological polar surface area (TPSA) is 51.7 Å². The number of carbonyl (C=O) groups is 1. The van der Waals surface area contributed by atoms with Gasteiger partial charge in [0.2, 0.25) is 0 Å². The summed E-state index contributed by atoms with van der Waals surface area (Å²) >= 11 is 0. The molecule has 0 saturated carbocycles. The number of methoxy groups -OCH3 is 2. The predicted molar refractivity (Wildman–Crippen MR) is 75.7 cm³/mol. The first kappa shape index (κ1) is 14.9. The van der Waals surface area contributed by atoms with Gasteiger partial charge < -0.3 is 14.4 Å². The number of rotatable bonds is 5. The van der Waals surface area contributed by atoms with Crippen LogP contribution in [0.25, 0.3) is 0 Å². The number of nitrogens with zero attached hydrogens (tertiary/aromatic N) is 2. The second-order valence-electron chi connectivity index (χ2n) is 5.06. The summed E-state index contributed by atoms with van der Waals surface area (Å²) in [7, 11) is 3.33. The van der Waals surface area contributed by atoms with Gasteiger partial charge >= 0.3 is 0 Å². The highest BCUT2D eigenvalue weighted by Gasteiger charge is 2.36. The summed E-state index contributed by atoms with van der Waals surface area (Å²) in [5.41, 5.74) is 1.62. The van der Waals surface area contributed by atoms with Crippen molar-refractivity contribution < 1.29 is 14.3 Å². The normalized spacial score (nSPS) is 22.2. The Morgan fingerprint density at radius 2 is 2.30 bits per heavy atom. The van der Waals surface area contributed by atoms with Crippen molar-refractivity contribution in [2.24, 2.45) is 0 Å². The lowest BCUT2D eigenvalue weighted by atomic mass is 10.1. The fourth-order valence-electron chi connectivity index (χ4n) is 2.60. The Kier molecular flexibility index (Phi) is 5.09. The zero-order chi connectivity index (χ0) is 14.5. The molecule has 0 spiro atoms. The quantitative estimate of drug-likeness (QED) is 0.819. The molecule has 110 valence electrons. The molecule has 0 bridgehead atoms. The zero-order valence-corrected chi connectivity index (χ0v) is 12.3. The highest BCUT2D eigenvalue weighted by molar-refractivity contribution is 5.93. The molecule has 1 amide bonds. The van der Waals surface area contributed by atoms with E-state index in [0.29, 0.717) is 18.8 Å². The second-order valence-corrected chi connectivity index (χ2v) is 5.06. The maximum absolute atomic E-state index is 12.6. The number of likely N-dealkylation sites (tertiary alicyclic amines) is 1. The molecular formula is C15H22N2O3. The molecule has 1 fully saturated rings.